The van der Waals surface area contributed by atoms with Crippen molar-refractivity contribution in [3.8, 4) is 5.75 Å². The standard InChI is InChI=1S/C22H28N2O3S/c1-17(18-7-4-3-5-8-18)14-23-15-19-16-24(12-11-22(19)23)28(25,26)21-10-6-9-20(13-21)27-2/h3-10,13,17,19,22H,11-12,14-16H2,1-2H3. The number of rotatable bonds is 6. The smallest absolute Gasteiger partial charge is 0.243 e. The Kier molecular flexibility index (Phi) is 5.45. The summed E-state index contributed by atoms with van der Waals surface area (Å²) in [6, 6.07) is 17.9. The van der Waals surface area contributed by atoms with E-state index in [0.717, 1.165) is 19.5 Å². The minimum Gasteiger partial charge on any atom is -0.497 e. The van der Waals surface area contributed by atoms with Gasteiger partial charge < -0.3 is 4.74 Å². The predicted molar refractivity (Wildman–Crippen MR) is 110 cm³/mol. The van der Waals surface area contributed by atoms with E-state index >= 15 is 0 Å². The molecule has 3 atom stereocenters. The van der Waals surface area contributed by atoms with E-state index in [1.165, 1.54) is 5.56 Å². The number of hydrogen-bond donors (Lipinski definition) is 0. The zero-order valence-corrected chi connectivity index (χ0v) is 17.3. The lowest BCUT2D eigenvalue weighted by molar-refractivity contribution is -0.0272. The number of ether oxygens (including phenoxy) is 1. The van der Waals surface area contributed by atoms with E-state index in [1.807, 2.05) is 6.07 Å². The Balaban J connectivity index is 1.38. The third-order valence-corrected chi connectivity index (χ3v) is 8.01. The average Bonchev–Trinajstić information content (AvgIpc) is 2.72. The highest BCUT2D eigenvalue weighted by Crippen LogP contribution is 2.36. The van der Waals surface area contributed by atoms with Crippen molar-refractivity contribution in [3.05, 3.63) is 60.2 Å². The van der Waals surface area contributed by atoms with Crippen LogP contribution in [-0.4, -0.2) is 57.0 Å². The van der Waals surface area contributed by atoms with Crippen molar-refractivity contribution < 1.29 is 13.2 Å². The Morgan fingerprint density at radius 3 is 2.61 bits per heavy atom. The quantitative estimate of drug-likeness (QED) is 0.747. The van der Waals surface area contributed by atoms with Crippen LogP contribution in [-0.2, 0) is 10.0 Å². The molecule has 0 N–H and O–H groups in total. The summed E-state index contributed by atoms with van der Waals surface area (Å²) >= 11 is 0. The van der Waals surface area contributed by atoms with E-state index < -0.39 is 10.0 Å². The van der Waals surface area contributed by atoms with E-state index in [9.17, 15) is 8.42 Å². The molecule has 2 aliphatic heterocycles. The maximum atomic E-state index is 13.0. The van der Waals surface area contributed by atoms with Crippen LogP contribution in [0.4, 0.5) is 0 Å². The molecular formula is C22H28N2O3S. The van der Waals surface area contributed by atoms with Crippen LogP contribution < -0.4 is 4.74 Å². The Bertz CT molecular complexity index is 916. The lowest BCUT2D eigenvalue weighted by Crippen LogP contribution is -2.64. The molecule has 3 unspecified atom stereocenters. The molecule has 2 heterocycles. The summed E-state index contributed by atoms with van der Waals surface area (Å²) in [5, 5.41) is 0. The van der Waals surface area contributed by atoms with Gasteiger partial charge in [-0.1, -0.05) is 43.3 Å². The van der Waals surface area contributed by atoms with Gasteiger partial charge in [0.1, 0.15) is 5.75 Å². The van der Waals surface area contributed by atoms with Crippen LogP contribution in [0, 0.1) is 5.92 Å². The van der Waals surface area contributed by atoms with Crippen molar-refractivity contribution in [2.75, 3.05) is 33.3 Å². The maximum Gasteiger partial charge on any atom is 0.243 e. The highest BCUT2D eigenvalue weighted by Gasteiger charge is 2.45. The molecular weight excluding hydrogens is 372 g/mol. The van der Waals surface area contributed by atoms with Gasteiger partial charge in [-0.2, -0.15) is 4.31 Å². The third-order valence-electron chi connectivity index (χ3n) is 6.15. The van der Waals surface area contributed by atoms with Crippen LogP contribution in [0.5, 0.6) is 5.75 Å². The van der Waals surface area contributed by atoms with Crippen LogP contribution in [0.25, 0.3) is 0 Å². The fraction of sp³-hybridized carbons (Fsp3) is 0.455. The van der Waals surface area contributed by atoms with Gasteiger partial charge in [0.2, 0.25) is 10.0 Å². The lowest BCUT2D eigenvalue weighted by Gasteiger charge is -2.53. The van der Waals surface area contributed by atoms with Crippen molar-refractivity contribution in [1.82, 2.24) is 9.21 Å². The van der Waals surface area contributed by atoms with Crippen LogP contribution in [0.15, 0.2) is 59.5 Å². The summed E-state index contributed by atoms with van der Waals surface area (Å²) < 4.78 is 32.9. The van der Waals surface area contributed by atoms with Crippen molar-refractivity contribution in [1.29, 1.82) is 0 Å². The first-order chi connectivity index (χ1) is 13.5. The van der Waals surface area contributed by atoms with Crippen LogP contribution >= 0.6 is 0 Å². The largest absolute Gasteiger partial charge is 0.497 e. The van der Waals surface area contributed by atoms with Gasteiger partial charge in [-0.05, 0) is 30.0 Å². The zero-order chi connectivity index (χ0) is 19.7. The molecule has 0 radical (unpaired) electrons. The number of fused-ring (bicyclic) bond motifs is 1. The molecule has 0 aliphatic carbocycles. The normalized spacial score (nSPS) is 24.2. The predicted octanol–water partition coefficient (Wildman–Crippen LogP) is 3.19. The summed E-state index contributed by atoms with van der Waals surface area (Å²) in [6.07, 6.45) is 0.898. The molecule has 28 heavy (non-hydrogen) atoms. The van der Waals surface area contributed by atoms with Gasteiger partial charge in [0.25, 0.3) is 0 Å². The second kappa shape index (κ2) is 7.85. The Labute approximate surface area is 168 Å². The molecule has 0 amide bonds. The Hall–Kier alpha value is -1.89. The van der Waals surface area contributed by atoms with Crippen LogP contribution in [0.3, 0.4) is 0 Å². The van der Waals surface area contributed by atoms with E-state index in [1.54, 1.807) is 35.7 Å². The lowest BCUT2D eigenvalue weighted by atomic mass is 9.82. The number of methoxy groups -OCH3 is 1. The molecule has 2 aromatic rings. The maximum absolute atomic E-state index is 13.0. The first-order valence-electron chi connectivity index (χ1n) is 9.92. The van der Waals surface area contributed by atoms with Gasteiger partial charge >= 0.3 is 0 Å². The monoisotopic (exact) mass is 400 g/mol. The molecule has 2 aromatic carbocycles. The van der Waals surface area contributed by atoms with Gasteiger partial charge in [-0.15, -0.1) is 0 Å². The SMILES string of the molecule is COc1cccc(S(=O)(=O)N2CCC3C(CN3CC(C)c3ccccc3)C2)c1. The summed E-state index contributed by atoms with van der Waals surface area (Å²) in [5.74, 6) is 1.48. The molecule has 4 rings (SSSR count). The molecule has 0 spiro atoms. The zero-order valence-electron chi connectivity index (χ0n) is 16.5. The fourth-order valence-electron chi connectivity index (χ4n) is 4.52. The first-order valence-corrected chi connectivity index (χ1v) is 11.4. The van der Waals surface area contributed by atoms with Gasteiger partial charge in [-0.25, -0.2) is 8.42 Å². The molecule has 5 nitrogen and oxygen atoms in total. The van der Waals surface area contributed by atoms with Gasteiger partial charge in [-0.3, -0.25) is 4.90 Å². The summed E-state index contributed by atoms with van der Waals surface area (Å²) in [4.78, 5) is 2.84. The van der Waals surface area contributed by atoms with E-state index in [-0.39, 0.29) is 0 Å². The van der Waals surface area contributed by atoms with E-state index in [4.69, 9.17) is 4.74 Å². The van der Waals surface area contributed by atoms with Crippen LogP contribution in [0.2, 0.25) is 0 Å². The molecule has 0 aromatic heterocycles. The number of hydrogen-bond acceptors (Lipinski definition) is 4. The summed E-state index contributed by atoms with van der Waals surface area (Å²) in [5.41, 5.74) is 1.36. The number of piperidine rings is 1. The van der Waals surface area contributed by atoms with Gasteiger partial charge in [0.15, 0.2) is 0 Å². The Morgan fingerprint density at radius 1 is 1.11 bits per heavy atom. The second-order valence-corrected chi connectivity index (χ2v) is 9.86. The van der Waals surface area contributed by atoms with Crippen molar-refractivity contribution in [2.45, 2.75) is 30.2 Å². The fourth-order valence-corrected chi connectivity index (χ4v) is 6.07. The van der Waals surface area contributed by atoms with Gasteiger partial charge in [0, 0.05) is 44.2 Å². The minimum absolute atomic E-state index is 0.319. The molecule has 6 heteroatoms. The second-order valence-electron chi connectivity index (χ2n) is 7.92. The Morgan fingerprint density at radius 2 is 1.89 bits per heavy atom. The van der Waals surface area contributed by atoms with Gasteiger partial charge in [0.05, 0.1) is 12.0 Å². The highest BCUT2D eigenvalue weighted by molar-refractivity contribution is 7.89. The summed E-state index contributed by atoms with van der Waals surface area (Å²) in [7, 11) is -1.91. The van der Waals surface area contributed by atoms with E-state index in [2.05, 4.69) is 36.1 Å². The molecule has 2 aliphatic rings. The number of nitrogens with zero attached hydrogens (tertiary/aromatic N) is 2. The first kappa shape index (κ1) is 19.4. The summed E-state index contributed by atoms with van der Waals surface area (Å²) in [6.45, 7) is 5.47. The molecule has 2 fully saturated rings. The third kappa shape index (κ3) is 3.69. The topological polar surface area (TPSA) is 49.9 Å². The van der Waals surface area contributed by atoms with Crippen LogP contribution in [0.1, 0.15) is 24.8 Å². The van der Waals surface area contributed by atoms with Crippen molar-refractivity contribution in [2.24, 2.45) is 5.92 Å². The van der Waals surface area contributed by atoms with Crippen molar-refractivity contribution in [3.63, 3.8) is 0 Å². The molecule has 2 saturated heterocycles. The average molecular weight is 401 g/mol. The molecule has 150 valence electrons. The van der Waals surface area contributed by atoms with Crippen molar-refractivity contribution >= 4 is 10.0 Å². The molecule has 0 bridgehead atoms. The number of likely N-dealkylation sites (tertiary alicyclic amines) is 1. The minimum atomic E-state index is -3.47. The number of benzene rings is 2. The van der Waals surface area contributed by atoms with E-state index in [0.29, 0.717) is 41.6 Å². The highest BCUT2D eigenvalue weighted by atomic mass is 32.2. The number of sulfonamides is 1. The molecule has 0 saturated carbocycles.